The van der Waals surface area contributed by atoms with Crippen LogP contribution in [0.15, 0.2) is 72.8 Å². The van der Waals surface area contributed by atoms with Crippen LogP contribution >= 0.6 is 0 Å². The highest BCUT2D eigenvalue weighted by Crippen LogP contribution is 2.21. The van der Waals surface area contributed by atoms with E-state index in [2.05, 4.69) is 13.2 Å². The second-order valence-corrected chi connectivity index (χ2v) is 12.1. The van der Waals surface area contributed by atoms with Gasteiger partial charge in [0.25, 0.3) is 0 Å². The molecule has 0 amide bonds. The lowest BCUT2D eigenvalue weighted by atomic mass is 10.1. The number of rotatable bonds is 9. The van der Waals surface area contributed by atoms with Crippen LogP contribution in [0.1, 0.15) is 123 Å². The fraction of sp³-hybridized carbons (Fsp3) is 0.474. The Kier molecular flexibility index (Phi) is 17.8. The lowest BCUT2D eigenvalue weighted by Gasteiger charge is -2.15. The zero-order valence-corrected chi connectivity index (χ0v) is 27.8. The Morgan fingerprint density at radius 1 is 0.638 bits per heavy atom. The van der Waals surface area contributed by atoms with Gasteiger partial charge in [-0.3, -0.25) is 0 Å². The molecule has 0 bridgehead atoms. The van der Waals surface area contributed by atoms with Gasteiger partial charge in [0.15, 0.2) is 0 Å². The third kappa shape index (κ3) is 16.2. The van der Waals surface area contributed by atoms with Crippen LogP contribution in [0.4, 0.5) is 0 Å². The average molecular weight is 651 g/mol. The molecule has 2 aliphatic carbocycles. The Labute approximate surface area is 278 Å². The summed E-state index contributed by atoms with van der Waals surface area (Å²) in [5.74, 6) is -2.13. The summed E-state index contributed by atoms with van der Waals surface area (Å²) in [5.41, 5.74) is 3.00. The highest BCUT2D eigenvalue weighted by molar-refractivity contribution is 5.90. The van der Waals surface area contributed by atoms with Gasteiger partial charge in [0.05, 0.1) is 17.2 Å². The number of esters is 3. The van der Waals surface area contributed by atoms with Crippen molar-refractivity contribution in [2.75, 3.05) is 0 Å². The SMILES string of the molecule is C=C(C)C(=O)OCc1ccc(C(=O)O)cc1.C=C(C)C(=O)OCc1ccc(C(=O)OC2CCCCCC2)cc1.OC1CCCCCC1. The number of benzene rings is 2. The molecule has 0 aliphatic heterocycles. The summed E-state index contributed by atoms with van der Waals surface area (Å²) >= 11 is 0. The predicted molar refractivity (Wildman–Crippen MR) is 180 cm³/mol. The topological polar surface area (TPSA) is 136 Å². The first-order chi connectivity index (χ1) is 22.5. The van der Waals surface area contributed by atoms with Crippen molar-refractivity contribution in [3.05, 3.63) is 95.1 Å². The van der Waals surface area contributed by atoms with Crippen LogP contribution in [0.25, 0.3) is 0 Å². The van der Waals surface area contributed by atoms with E-state index in [1.54, 1.807) is 50.2 Å². The second-order valence-electron chi connectivity index (χ2n) is 12.1. The minimum atomic E-state index is -0.981. The first-order valence-corrected chi connectivity index (χ1v) is 16.4. The number of hydrogen-bond donors (Lipinski definition) is 2. The Morgan fingerprint density at radius 3 is 1.40 bits per heavy atom. The molecule has 0 heterocycles. The van der Waals surface area contributed by atoms with Gasteiger partial charge < -0.3 is 24.4 Å². The van der Waals surface area contributed by atoms with E-state index in [4.69, 9.17) is 24.4 Å². The van der Waals surface area contributed by atoms with E-state index in [0.29, 0.717) is 16.7 Å². The lowest BCUT2D eigenvalue weighted by molar-refractivity contribution is -0.141. The molecule has 2 aromatic carbocycles. The minimum Gasteiger partial charge on any atom is -0.478 e. The molecule has 256 valence electrons. The number of aliphatic hydroxyl groups excluding tert-OH is 1. The molecule has 0 saturated heterocycles. The predicted octanol–water partition coefficient (Wildman–Crippen LogP) is 7.89. The van der Waals surface area contributed by atoms with Crippen molar-refractivity contribution in [2.24, 2.45) is 0 Å². The Balaban J connectivity index is 0.000000275. The van der Waals surface area contributed by atoms with Gasteiger partial charge in [-0.1, -0.05) is 75.9 Å². The summed E-state index contributed by atoms with van der Waals surface area (Å²) in [6.07, 6.45) is 13.9. The van der Waals surface area contributed by atoms with Crippen molar-refractivity contribution in [3.8, 4) is 0 Å². The van der Waals surface area contributed by atoms with Crippen LogP contribution in [-0.4, -0.2) is 46.3 Å². The molecule has 2 aliphatic rings. The third-order valence-electron chi connectivity index (χ3n) is 7.73. The van der Waals surface area contributed by atoms with Gasteiger partial charge >= 0.3 is 23.9 Å². The zero-order chi connectivity index (χ0) is 34.6. The van der Waals surface area contributed by atoms with E-state index in [9.17, 15) is 19.2 Å². The number of hydrogen-bond acceptors (Lipinski definition) is 8. The molecule has 2 N–H and O–H groups in total. The maximum absolute atomic E-state index is 12.2. The van der Waals surface area contributed by atoms with Gasteiger partial charge in [-0.2, -0.15) is 0 Å². The van der Waals surface area contributed by atoms with Gasteiger partial charge in [-0.05, 0) is 87.8 Å². The van der Waals surface area contributed by atoms with Crippen LogP contribution in [0.3, 0.4) is 0 Å². The van der Waals surface area contributed by atoms with Crippen LogP contribution in [0, 0.1) is 0 Å². The maximum atomic E-state index is 12.2. The highest BCUT2D eigenvalue weighted by Gasteiger charge is 2.18. The zero-order valence-electron chi connectivity index (χ0n) is 27.8. The molecular weight excluding hydrogens is 600 g/mol. The summed E-state index contributed by atoms with van der Waals surface area (Å²) < 4.78 is 15.6. The molecule has 0 aromatic heterocycles. The minimum absolute atomic E-state index is 0.0255. The van der Waals surface area contributed by atoms with Crippen LogP contribution in [0.5, 0.6) is 0 Å². The second kappa shape index (κ2) is 21.5. The van der Waals surface area contributed by atoms with Crippen molar-refractivity contribution < 1.29 is 43.6 Å². The van der Waals surface area contributed by atoms with Crippen LogP contribution < -0.4 is 0 Å². The van der Waals surface area contributed by atoms with Crippen molar-refractivity contribution in [2.45, 2.75) is 116 Å². The lowest BCUT2D eigenvalue weighted by Crippen LogP contribution is -2.17. The largest absolute Gasteiger partial charge is 0.478 e. The summed E-state index contributed by atoms with van der Waals surface area (Å²) in [6.45, 7) is 10.4. The molecule has 2 saturated carbocycles. The van der Waals surface area contributed by atoms with Gasteiger partial charge in [-0.15, -0.1) is 0 Å². The number of ether oxygens (including phenoxy) is 3. The van der Waals surface area contributed by atoms with Gasteiger partial charge in [0.2, 0.25) is 0 Å². The smallest absolute Gasteiger partial charge is 0.338 e. The van der Waals surface area contributed by atoms with E-state index >= 15 is 0 Å². The van der Waals surface area contributed by atoms with E-state index in [-0.39, 0.29) is 37.0 Å². The van der Waals surface area contributed by atoms with Gasteiger partial charge in [-0.25, -0.2) is 19.2 Å². The monoisotopic (exact) mass is 650 g/mol. The summed E-state index contributed by atoms with van der Waals surface area (Å²) in [4.78, 5) is 45.2. The first kappa shape index (κ1) is 38.9. The van der Waals surface area contributed by atoms with Crippen LogP contribution in [-0.2, 0) is 37.0 Å². The molecule has 9 nitrogen and oxygen atoms in total. The molecule has 2 fully saturated rings. The molecule has 0 atom stereocenters. The van der Waals surface area contributed by atoms with E-state index < -0.39 is 17.9 Å². The quantitative estimate of drug-likeness (QED) is 0.120. The molecular formula is C38H50O9. The number of aliphatic hydroxyl groups is 1. The number of carbonyl (C=O) groups is 4. The third-order valence-corrected chi connectivity index (χ3v) is 7.73. The van der Waals surface area contributed by atoms with Crippen molar-refractivity contribution in [3.63, 3.8) is 0 Å². The normalized spacial score (nSPS) is 15.1. The van der Waals surface area contributed by atoms with E-state index in [1.807, 2.05) is 0 Å². The molecule has 4 rings (SSSR count). The Morgan fingerprint density at radius 2 is 1.02 bits per heavy atom. The molecule has 47 heavy (non-hydrogen) atoms. The number of carbonyl (C=O) groups excluding carboxylic acids is 3. The molecule has 2 aromatic rings. The van der Waals surface area contributed by atoms with Crippen molar-refractivity contribution in [1.29, 1.82) is 0 Å². The van der Waals surface area contributed by atoms with Crippen LogP contribution in [0.2, 0.25) is 0 Å². The standard InChI is InChI=1S/C19H24O4.C12H12O4.C7H14O/c1-14(2)18(20)22-13-15-9-11-16(12-10-15)19(21)23-17-7-5-3-4-6-8-17;1-8(2)12(15)16-7-9-3-5-10(6-4-9)11(13)14;8-7-5-3-1-2-4-6-7/h9-12,17H,1,3-8,13H2,2H3;3-6H,1,7H2,2H3,(H,13,14);7-8H,1-6H2. The highest BCUT2D eigenvalue weighted by atomic mass is 16.5. The van der Waals surface area contributed by atoms with Gasteiger partial charge in [0.1, 0.15) is 19.3 Å². The molecule has 9 heteroatoms. The van der Waals surface area contributed by atoms with Crippen molar-refractivity contribution in [1.82, 2.24) is 0 Å². The maximum Gasteiger partial charge on any atom is 0.338 e. The summed E-state index contributed by atoms with van der Waals surface area (Å²) in [7, 11) is 0. The van der Waals surface area contributed by atoms with Crippen molar-refractivity contribution >= 4 is 23.9 Å². The number of aromatic carboxylic acids is 1. The summed E-state index contributed by atoms with van der Waals surface area (Å²) in [5, 5.41) is 17.8. The Hall–Kier alpha value is -4.24. The fourth-order valence-corrected chi connectivity index (χ4v) is 4.86. The molecule has 0 radical (unpaired) electrons. The number of carboxylic acids is 1. The molecule has 0 unspecified atom stereocenters. The van der Waals surface area contributed by atoms with E-state index in [1.165, 1.54) is 50.7 Å². The average Bonchev–Trinajstić information content (AvgIpc) is 3.47. The van der Waals surface area contributed by atoms with Gasteiger partial charge in [0, 0.05) is 11.1 Å². The fourth-order valence-electron chi connectivity index (χ4n) is 4.86. The van der Waals surface area contributed by atoms with E-state index in [0.717, 1.165) is 49.7 Å². The molecule has 0 spiro atoms. The first-order valence-electron chi connectivity index (χ1n) is 16.4. The summed E-state index contributed by atoms with van der Waals surface area (Å²) in [6, 6.07) is 13.1. The Bertz CT molecular complexity index is 1300. The number of carboxylic acid groups (broad SMARTS) is 1.